The lowest BCUT2D eigenvalue weighted by Crippen LogP contribution is -2.29. The molecule has 0 spiro atoms. The quantitative estimate of drug-likeness (QED) is 0.826. The number of hydrogen-bond acceptors (Lipinski definition) is 3. The average molecular weight is 237 g/mol. The third-order valence-electron chi connectivity index (χ3n) is 2.88. The van der Waals surface area contributed by atoms with Crippen LogP contribution in [0.3, 0.4) is 0 Å². The maximum absolute atomic E-state index is 10.9. The fraction of sp³-hybridized carbons (Fsp3) is 0.462. The second kappa shape index (κ2) is 5.57. The molecule has 0 aliphatic carbocycles. The van der Waals surface area contributed by atoms with Gasteiger partial charge in [-0.15, -0.1) is 0 Å². The molecule has 0 saturated heterocycles. The van der Waals surface area contributed by atoms with Crippen molar-refractivity contribution in [2.75, 3.05) is 12.4 Å². The first-order chi connectivity index (χ1) is 7.95. The zero-order valence-corrected chi connectivity index (χ0v) is 10.7. The summed E-state index contributed by atoms with van der Waals surface area (Å²) in [5, 5.41) is 12.1. The van der Waals surface area contributed by atoms with Gasteiger partial charge < -0.3 is 15.2 Å². The van der Waals surface area contributed by atoms with Crippen molar-refractivity contribution in [3.8, 4) is 5.75 Å². The van der Waals surface area contributed by atoms with Gasteiger partial charge in [0.15, 0.2) is 0 Å². The average Bonchev–Trinajstić information content (AvgIpc) is 2.28. The molecule has 0 radical (unpaired) electrons. The van der Waals surface area contributed by atoms with E-state index in [0.717, 1.165) is 17.0 Å². The number of hydrogen-bond donors (Lipinski definition) is 2. The summed E-state index contributed by atoms with van der Waals surface area (Å²) in [7, 11) is 1.60. The first-order valence-corrected chi connectivity index (χ1v) is 5.59. The Labute approximate surface area is 102 Å². The lowest BCUT2D eigenvalue weighted by atomic mass is 10.0. The minimum Gasteiger partial charge on any atom is -0.495 e. The van der Waals surface area contributed by atoms with E-state index in [9.17, 15) is 4.79 Å². The molecule has 0 bridgehead atoms. The van der Waals surface area contributed by atoms with Crippen LogP contribution < -0.4 is 10.1 Å². The summed E-state index contributed by atoms with van der Waals surface area (Å²) in [5.74, 6) is -0.545. The van der Waals surface area contributed by atoms with Crippen LogP contribution in [0.1, 0.15) is 19.4 Å². The Morgan fingerprint density at radius 2 is 2.06 bits per heavy atom. The Morgan fingerprint density at radius 1 is 1.41 bits per heavy atom. The summed E-state index contributed by atoms with van der Waals surface area (Å²) in [6.45, 7) is 5.51. The maximum Gasteiger partial charge on any atom is 0.308 e. The van der Waals surface area contributed by atoms with Crippen molar-refractivity contribution in [3.05, 3.63) is 23.8 Å². The van der Waals surface area contributed by atoms with Gasteiger partial charge in [-0.1, -0.05) is 6.07 Å². The van der Waals surface area contributed by atoms with Crippen molar-refractivity contribution in [2.45, 2.75) is 26.8 Å². The van der Waals surface area contributed by atoms with Crippen LogP contribution in [0.15, 0.2) is 18.2 Å². The number of benzene rings is 1. The molecule has 4 heteroatoms. The second-order valence-electron chi connectivity index (χ2n) is 4.26. The Kier molecular flexibility index (Phi) is 4.37. The van der Waals surface area contributed by atoms with Gasteiger partial charge in [0.05, 0.1) is 18.7 Å². The summed E-state index contributed by atoms with van der Waals surface area (Å²) in [6.07, 6.45) is 0. The molecule has 0 aromatic heterocycles. The molecule has 2 N–H and O–H groups in total. The van der Waals surface area contributed by atoms with E-state index in [4.69, 9.17) is 9.84 Å². The number of aryl methyl sites for hydroxylation is 1. The number of methoxy groups -OCH3 is 1. The number of aliphatic carboxylic acids is 1. The molecular weight excluding hydrogens is 218 g/mol. The summed E-state index contributed by atoms with van der Waals surface area (Å²) in [4.78, 5) is 10.9. The van der Waals surface area contributed by atoms with E-state index in [-0.39, 0.29) is 6.04 Å². The maximum atomic E-state index is 10.9. The molecule has 2 atom stereocenters. The fourth-order valence-corrected chi connectivity index (χ4v) is 1.52. The third kappa shape index (κ3) is 3.37. The molecule has 2 unspecified atom stereocenters. The van der Waals surface area contributed by atoms with Crippen LogP contribution in [0, 0.1) is 12.8 Å². The van der Waals surface area contributed by atoms with Crippen molar-refractivity contribution in [2.24, 2.45) is 5.92 Å². The van der Waals surface area contributed by atoms with Gasteiger partial charge in [0.1, 0.15) is 5.75 Å². The predicted octanol–water partition coefficient (Wildman–Crippen LogP) is 2.52. The minimum absolute atomic E-state index is 0.164. The van der Waals surface area contributed by atoms with Crippen LogP contribution in [-0.4, -0.2) is 24.2 Å². The molecule has 0 heterocycles. The highest BCUT2D eigenvalue weighted by atomic mass is 16.5. The number of carboxylic acids is 1. The lowest BCUT2D eigenvalue weighted by molar-refractivity contribution is -0.141. The van der Waals surface area contributed by atoms with Gasteiger partial charge in [0.2, 0.25) is 0 Å². The fourth-order valence-electron chi connectivity index (χ4n) is 1.52. The zero-order valence-electron chi connectivity index (χ0n) is 10.7. The second-order valence-corrected chi connectivity index (χ2v) is 4.26. The first kappa shape index (κ1) is 13.4. The molecule has 0 amide bonds. The molecule has 0 fully saturated rings. The highest BCUT2D eigenvalue weighted by Gasteiger charge is 2.20. The third-order valence-corrected chi connectivity index (χ3v) is 2.88. The van der Waals surface area contributed by atoms with Crippen LogP contribution >= 0.6 is 0 Å². The molecule has 0 aliphatic heterocycles. The highest BCUT2D eigenvalue weighted by molar-refractivity contribution is 5.71. The van der Waals surface area contributed by atoms with Gasteiger partial charge in [0.25, 0.3) is 0 Å². The van der Waals surface area contributed by atoms with Crippen LogP contribution in [0.25, 0.3) is 0 Å². The number of nitrogens with one attached hydrogen (secondary N) is 1. The van der Waals surface area contributed by atoms with E-state index in [0.29, 0.717) is 0 Å². The van der Waals surface area contributed by atoms with E-state index >= 15 is 0 Å². The molecule has 4 nitrogen and oxygen atoms in total. The van der Waals surface area contributed by atoms with Gasteiger partial charge in [-0.3, -0.25) is 4.79 Å². The Hall–Kier alpha value is -1.71. The smallest absolute Gasteiger partial charge is 0.308 e. The number of ether oxygens (including phenoxy) is 1. The zero-order chi connectivity index (χ0) is 13.0. The van der Waals surface area contributed by atoms with E-state index in [1.54, 1.807) is 14.0 Å². The number of anilines is 1. The molecule has 1 aromatic carbocycles. The molecule has 0 saturated carbocycles. The molecule has 94 valence electrons. The van der Waals surface area contributed by atoms with Crippen molar-refractivity contribution in [3.63, 3.8) is 0 Å². The standard InChI is InChI=1S/C13H19NO3/c1-8-5-6-12(17-4)11(7-8)14-10(3)9(2)13(15)16/h5-7,9-10,14H,1-4H3,(H,15,16). The first-order valence-electron chi connectivity index (χ1n) is 5.59. The predicted molar refractivity (Wildman–Crippen MR) is 67.6 cm³/mol. The van der Waals surface area contributed by atoms with E-state index in [2.05, 4.69) is 5.32 Å². The number of rotatable bonds is 5. The highest BCUT2D eigenvalue weighted by Crippen LogP contribution is 2.26. The SMILES string of the molecule is COc1ccc(C)cc1NC(C)C(C)C(=O)O. The topological polar surface area (TPSA) is 58.6 Å². The summed E-state index contributed by atoms with van der Waals surface area (Å²) < 4.78 is 5.23. The summed E-state index contributed by atoms with van der Waals surface area (Å²) >= 11 is 0. The number of carboxylic acid groups (broad SMARTS) is 1. The lowest BCUT2D eigenvalue weighted by Gasteiger charge is -2.21. The van der Waals surface area contributed by atoms with Crippen LogP contribution in [-0.2, 0) is 4.79 Å². The Balaban J connectivity index is 2.86. The van der Waals surface area contributed by atoms with Crippen LogP contribution in [0.5, 0.6) is 5.75 Å². The van der Waals surface area contributed by atoms with E-state index in [1.165, 1.54) is 0 Å². The van der Waals surface area contributed by atoms with Crippen molar-refractivity contribution in [1.29, 1.82) is 0 Å². The Bertz CT molecular complexity index is 404. The molecule has 1 aromatic rings. The largest absolute Gasteiger partial charge is 0.495 e. The van der Waals surface area contributed by atoms with Crippen molar-refractivity contribution >= 4 is 11.7 Å². The number of carbonyl (C=O) groups is 1. The van der Waals surface area contributed by atoms with E-state index in [1.807, 2.05) is 32.0 Å². The van der Waals surface area contributed by atoms with Gasteiger partial charge in [-0.25, -0.2) is 0 Å². The van der Waals surface area contributed by atoms with Gasteiger partial charge in [-0.2, -0.15) is 0 Å². The summed E-state index contributed by atoms with van der Waals surface area (Å²) in [5.41, 5.74) is 1.93. The molecule has 17 heavy (non-hydrogen) atoms. The van der Waals surface area contributed by atoms with Crippen LogP contribution in [0.2, 0.25) is 0 Å². The summed E-state index contributed by atoms with van der Waals surface area (Å²) in [6, 6.07) is 5.61. The van der Waals surface area contributed by atoms with E-state index < -0.39 is 11.9 Å². The molecule has 0 aliphatic rings. The minimum atomic E-state index is -0.809. The van der Waals surface area contributed by atoms with Gasteiger partial charge in [0, 0.05) is 6.04 Å². The van der Waals surface area contributed by atoms with Crippen molar-refractivity contribution < 1.29 is 14.6 Å². The van der Waals surface area contributed by atoms with Gasteiger partial charge >= 0.3 is 5.97 Å². The Morgan fingerprint density at radius 3 is 2.59 bits per heavy atom. The van der Waals surface area contributed by atoms with Gasteiger partial charge in [-0.05, 0) is 38.5 Å². The monoisotopic (exact) mass is 237 g/mol. The normalized spacial score (nSPS) is 13.9. The van der Waals surface area contributed by atoms with Crippen molar-refractivity contribution in [1.82, 2.24) is 0 Å². The van der Waals surface area contributed by atoms with Crippen LogP contribution in [0.4, 0.5) is 5.69 Å². The molecular formula is C13H19NO3. The molecule has 1 rings (SSSR count).